The van der Waals surface area contributed by atoms with Gasteiger partial charge in [0.15, 0.2) is 0 Å². The van der Waals surface area contributed by atoms with E-state index in [1.165, 1.54) is 10.9 Å². The zero-order valence-electron chi connectivity index (χ0n) is 10.7. The third-order valence-electron chi connectivity index (χ3n) is 3.32. The summed E-state index contributed by atoms with van der Waals surface area (Å²) in [6, 6.07) is 0. The number of hydrogen-bond acceptors (Lipinski definition) is 5. The number of rotatable bonds is 3. The molecule has 1 aromatic heterocycles. The number of carbonyl (C=O) groups is 1. The van der Waals surface area contributed by atoms with E-state index >= 15 is 0 Å². The Morgan fingerprint density at radius 2 is 2.21 bits per heavy atom. The van der Waals surface area contributed by atoms with Gasteiger partial charge in [-0.25, -0.2) is 0 Å². The molecule has 1 saturated heterocycles. The second-order valence-electron chi connectivity index (χ2n) is 5.03. The predicted molar refractivity (Wildman–Crippen MR) is 65.3 cm³/mol. The van der Waals surface area contributed by atoms with Gasteiger partial charge >= 0.3 is 5.69 Å². The molecule has 0 radical (unpaired) electrons. The van der Waals surface area contributed by atoms with Crippen molar-refractivity contribution in [3.8, 4) is 0 Å². The van der Waals surface area contributed by atoms with Gasteiger partial charge in [-0.3, -0.25) is 19.6 Å². The normalized spacial score (nSPS) is 18.3. The molecule has 0 aromatic carbocycles. The van der Waals surface area contributed by atoms with E-state index in [1.54, 1.807) is 11.8 Å². The summed E-state index contributed by atoms with van der Waals surface area (Å²) in [6.07, 6.45) is 3.43. The third-order valence-corrected chi connectivity index (χ3v) is 3.32. The van der Waals surface area contributed by atoms with Gasteiger partial charge in [0, 0.05) is 13.1 Å². The largest absolute Gasteiger partial charge is 0.390 e. The summed E-state index contributed by atoms with van der Waals surface area (Å²) >= 11 is 0. The number of amides is 1. The number of aliphatic hydroxyl groups is 1. The van der Waals surface area contributed by atoms with Crippen LogP contribution in [0.1, 0.15) is 19.8 Å². The number of aromatic nitrogens is 2. The Morgan fingerprint density at radius 1 is 1.58 bits per heavy atom. The Labute approximate surface area is 109 Å². The molecule has 1 aliphatic rings. The number of hydrogen-bond donors (Lipinski definition) is 1. The van der Waals surface area contributed by atoms with E-state index in [0.717, 1.165) is 6.20 Å². The molecule has 0 aliphatic carbocycles. The van der Waals surface area contributed by atoms with E-state index in [4.69, 9.17) is 0 Å². The molecule has 1 aliphatic heterocycles. The molecule has 8 nitrogen and oxygen atoms in total. The van der Waals surface area contributed by atoms with Crippen molar-refractivity contribution in [2.75, 3.05) is 13.1 Å². The Morgan fingerprint density at radius 3 is 2.74 bits per heavy atom. The van der Waals surface area contributed by atoms with E-state index < -0.39 is 10.5 Å². The first-order valence-electron chi connectivity index (χ1n) is 6.04. The second-order valence-corrected chi connectivity index (χ2v) is 5.03. The zero-order valence-corrected chi connectivity index (χ0v) is 10.7. The lowest BCUT2D eigenvalue weighted by Gasteiger charge is -2.35. The van der Waals surface area contributed by atoms with E-state index in [9.17, 15) is 20.0 Å². The summed E-state index contributed by atoms with van der Waals surface area (Å²) in [5.74, 6) is -0.145. The number of carbonyl (C=O) groups excluding carboxylic acids is 1. The van der Waals surface area contributed by atoms with Gasteiger partial charge < -0.3 is 10.0 Å². The Bertz CT molecular complexity index is 487. The van der Waals surface area contributed by atoms with Crippen LogP contribution >= 0.6 is 0 Å². The van der Waals surface area contributed by atoms with Crippen molar-refractivity contribution in [3.63, 3.8) is 0 Å². The minimum Gasteiger partial charge on any atom is -0.390 e. The molecular weight excluding hydrogens is 252 g/mol. The van der Waals surface area contributed by atoms with Crippen LogP contribution in [0.2, 0.25) is 0 Å². The summed E-state index contributed by atoms with van der Waals surface area (Å²) in [7, 11) is 0. The van der Waals surface area contributed by atoms with Gasteiger partial charge in [-0.15, -0.1) is 0 Å². The summed E-state index contributed by atoms with van der Waals surface area (Å²) < 4.78 is 1.26. The Hall–Kier alpha value is -1.96. The molecule has 1 amide bonds. The Kier molecular flexibility index (Phi) is 3.52. The average molecular weight is 268 g/mol. The minimum absolute atomic E-state index is 0.0179. The van der Waals surface area contributed by atoms with Crippen LogP contribution < -0.4 is 0 Å². The molecule has 1 N–H and O–H groups in total. The second kappa shape index (κ2) is 4.96. The number of nitrogens with zero attached hydrogens (tertiary/aromatic N) is 4. The number of nitro groups is 1. The lowest BCUT2D eigenvalue weighted by molar-refractivity contribution is -0.385. The molecule has 0 bridgehead atoms. The summed E-state index contributed by atoms with van der Waals surface area (Å²) in [5, 5.41) is 24.1. The average Bonchev–Trinajstić information content (AvgIpc) is 2.77. The summed E-state index contributed by atoms with van der Waals surface area (Å²) in [6.45, 7) is 2.73. The van der Waals surface area contributed by atoms with Crippen LogP contribution in [0.5, 0.6) is 0 Å². The Balaban J connectivity index is 1.92. The fourth-order valence-corrected chi connectivity index (χ4v) is 2.01. The zero-order chi connectivity index (χ0) is 14.0. The SMILES string of the molecule is CC1(O)CCN(C(=O)Cn2cc([N+](=O)[O-])cn2)CC1. The molecule has 1 aromatic rings. The lowest BCUT2D eigenvalue weighted by atomic mass is 9.94. The molecule has 2 heterocycles. The maximum absolute atomic E-state index is 12.0. The van der Waals surface area contributed by atoms with Crippen molar-refractivity contribution < 1.29 is 14.8 Å². The van der Waals surface area contributed by atoms with Crippen LogP contribution in [0, 0.1) is 10.1 Å². The van der Waals surface area contributed by atoms with Crippen molar-refractivity contribution in [3.05, 3.63) is 22.5 Å². The first-order valence-corrected chi connectivity index (χ1v) is 6.04. The van der Waals surface area contributed by atoms with Crippen LogP contribution in [0.15, 0.2) is 12.4 Å². The van der Waals surface area contributed by atoms with Crippen LogP contribution in [0.4, 0.5) is 5.69 Å². The minimum atomic E-state index is -0.707. The number of piperidine rings is 1. The first-order chi connectivity index (χ1) is 8.87. The van der Waals surface area contributed by atoms with Crippen molar-refractivity contribution in [2.24, 2.45) is 0 Å². The summed E-state index contributed by atoms with van der Waals surface area (Å²) in [5.41, 5.74) is -0.837. The highest BCUT2D eigenvalue weighted by Crippen LogP contribution is 2.21. The molecule has 19 heavy (non-hydrogen) atoms. The monoisotopic (exact) mass is 268 g/mol. The smallest absolute Gasteiger partial charge is 0.307 e. The van der Waals surface area contributed by atoms with Gasteiger partial charge in [0.25, 0.3) is 0 Å². The fourth-order valence-electron chi connectivity index (χ4n) is 2.01. The first kappa shape index (κ1) is 13.5. The third kappa shape index (κ3) is 3.28. The van der Waals surface area contributed by atoms with Crippen LogP contribution in [0.3, 0.4) is 0 Å². The lowest BCUT2D eigenvalue weighted by Crippen LogP contribution is -2.46. The highest BCUT2D eigenvalue weighted by Gasteiger charge is 2.29. The van der Waals surface area contributed by atoms with Crippen LogP contribution in [-0.2, 0) is 11.3 Å². The quantitative estimate of drug-likeness (QED) is 0.621. The topological polar surface area (TPSA) is 102 Å². The van der Waals surface area contributed by atoms with Crippen molar-refractivity contribution in [1.82, 2.24) is 14.7 Å². The van der Waals surface area contributed by atoms with Crippen molar-refractivity contribution in [1.29, 1.82) is 0 Å². The van der Waals surface area contributed by atoms with E-state index in [0.29, 0.717) is 25.9 Å². The molecule has 8 heteroatoms. The molecular formula is C11H16N4O4. The maximum atomic E-state index is 12.0. The van der Waals surface area contributed by atoms with Crippen molar-refractivity contribution >= 4 is 11.6 Å². The molecule has 104 valence electrons. The molecule has 1 fully saturated rings. The predicted octanol–water partition coefficient (Wildman–Crippen LogP) is 0.165. The summed E-state index contributed by atoms with van der Waals surface area (Å²) in [4.78, 5) is 23.6. The molecule has 0 unspecified atom stereocenters. The van der Waals surface area contributed by atoms with E-state index in [1.807, 2.05) is 0 Å². The van der Waals surface area contributed by atoms with Gasteiger partial charge in [0.2, 0.25) is 5.91 Å². The van der Waals surface area contributed by atoms with Crippen molar-refractivity contribution in [2.45, 2.75) is 31.9 Å². The molecule has 2 rings (SSSR count). The highest BCUT2D eigenvalue weighted by atomic mass is 16.6. The molecule has 0 spiro atoms. The maximum Gasteiger partial charge on any atom is 0.307 e. The number of likely N-dealkylation sites (tertiary alicyclic amines) is 1. The molecule has 0 atom stereocenters. The van der Waals surface area contributed by atoms with Gasteiger partial charge in [-0.05, 0) is 19.8 Å². The van der Waals surface area contributed by atoms with Gasteiger partial charge in [0.05, 0.1) is 10.5 Å². The fraction of sp³-hybridized carbons (Fsp3) is 0.636. The van der Waals surface area contributed by atoms with Gasteiger partial charge in [0.1, 0.15) is 18.9 Å². The van der Waals surface area contributed by atoms with Crippen LogP contribution in [-0.4, -0.2) is 49.3 Å². The standard InChI is InChI=1S/C11H16N4O4/c1-11(17)2-4-13(5-3-11)10(16)8-14-7-9(6-12-14)15(18)19/h6-7,17H,2-5,8H2,1H3. The molecule has 0 saturated carbocycles. The van der Waals surface area contributed by atoms with Crippen LogP contribution in [0.25, 0.3) is 0 Å². The highest BCUT2D eigenvalue weighted by molar-refractivity contribution is 5.76. The van der Waals surface area contributed by atoms with Gasteiger partial charge in [-0.1, -0.05) is 0 Å². The van der Waals surface area contributed by atoms with E-state index in [-0.39, 0.29) is 18.1 Å². The van der Waals surface area contributed by atoms with Gasteiger partial charge in [-0.2, -0.15) is 5.10 Å². The van der Waals surface area contributed by atoms with E-state index in [2.05, 4.69) is 5.10 Å².